The number of aryl methyl sites for hydroxylation is 1. The summed E-state index contributed by atoms with van der Waals surface area (Å²) in [5.41, 5.74) is 2.93. The van der Waals surface area contributed by atoms with Gasteiger partial charge in [0.1, 0.15) is 0 Å². The molecular formula is C22H25N3O4. The molecule has 0 saturated carbocycles. The van der Waals surface area contributed by atoms with Crippen LogP contribution < -0.4 is 20.1 Å². The maximum Gasteiger partial charge on any atom is 0.231 e. The SMILES string of the molecule is CCc1ccc([C@H]2CC(=O)NC(NC(=O)Cc3ccc(OC)c(OC)c3)=N2)cc1. The van der Waals surface area contributed by atoms with Crippen molar-refractivity contribution in [1.82, 2.24) is 10.6 Å². The lowest BCUT2D eigenvalue weighted by Gasteiger charge is -2.21. The normalized spacial score (nSPS) is 15.9. The van der Waals surface area contributed by atoms with Gasteiger partial charge in [0, 0.05) is 0 Å². The second-order valence-corrected chi connectivity index (χ2v) is 6.76. The van der Waals surface area contributed by atoms with Crippen LogP contribution in [-0.4, -0.2) is 32.0 Å². The Morgan fingerprint density at radius 3 is 2.45 bits per heavy atom. The summed E-state index contributed by atoms with van der Waals surface area (Å²) in [5, 5.41) is 5.32. The molecule has 2 aromatic carbocycles. The fraction of sp³-hybridized carbons (Fsp3) is 0.318. The highest BCUT2D eigenvalue weighted by atomic mass is 16.5. The Bertz CT molecular complexity index is 922. The van der Waals surface area contributed by atoms with Crippen LogP contribution >= 0.6 is 0 Å². The van der Waals surface area contributed by atoms with E-state index >= 15 is 0 Å². The van der Waals surface area contributed by atoms with Crippen LogP contribution in [0, 0.1) is 0 Å². The summed E-state index contributed by atoms with van der Waals surface area (Å²) in [7, 11) is 3.10. The van der Waals surface area contributed by atoms with Gasteiger partial charge in [-0.15, -0.1) is 0 Å². The fourth-order valence-electron chi connectivity index (χ4n) is 3.18. The van der Waals surface area contributed by atoms with Gasteiger partial charge < -0.3 is 9.47 Å². The first-order valence-corrected chi connectivity index (χ1v) is 9.49. The summed E-state index contributed by atoms with van der Waals surface area (Å²) in [6.07, 6.45) is 1.32. The zero-order chi connectivity index (χ0) is 20.8. The van der Waals surface area contributed by atoms with Crippen molar-refractivity contribution in [2.45, 2.75) is 32.2 Å². The molecule has 2 N–H and O–H groups in total. The number of nitrogens with zero attached hydrogens (tertiary/aromatic N) is 1. The number of methoxy groups -OCH3 is 2. The second kappa shape index (κ2) is 9.23. The molecule has 0 spiro atoms. The minimum absolute atomic E-state index is 0.116. The highest BCUT2D eigenvalue weighted by molar-refractivity contribution is 6.06. The molecule has 7 heteroatoms. The van der Waals surface area contributed by atoms with Crippen LogP contribution in [-0.2, 0) is 22.4 Å². The summed E-state index contributed by atoms with van der Waals surface area (Å²) in [6, 6.07) is 13.0. The molecule has 1 atom stereocenters. The average molecular weight is 395 g/mol. The van der Waals surface area contributed by atoms with E-state index in [2.05, 4.69) is 22.5 Å². The molecule has 0 radical (unpaired) electrons. The number of guanidine groups is 1. The summed E-state index contributed by atoms with van der Waals surface area (Å²) in [4.78, 5) is 29.1. The number of carbonyl (C=O) groups excluding carboxylic acids is 2. The summed E-state index contributed by atoms with van der Waals surface area (Å²) in [5.74, 6) is 0.870. The third-order valence-electron chi connectivity index (χ3n) is 4.76. The quantitative estimate of drug-likeness (QED) is 0.787. The molecule has 0 bridgehead atoms. The standard InChI is InChI=1S/C22H25N3O4/c1-4-14-5-8-16(9-6-14)17-13-21(27)25-22(23-17)24-20(26)12-15-7-10-18(28-2)19(11-15)29-3/h5-11,17H,4,12-13H2,1-3H3,(H2,23,24,25,26,27)/t17-/m1/s1. The van der Waals surface area contributed by atoms with E-state index in [4.69, 9.17) is 9.47 Å². The van der Waals surface area contributed by atoms with E-state index < -0.39 is 0 Å². The van der Waals surface area contributed by atoms with Gasteiger partial charge in [-0.25, -0.2) is 4.99 Å². The molecular weight excluding hydrogens is 370 g/mol. The number of rotatable bonds is 6. The van der Waals surface area contributed by atoms with Crippen LogP contribution in [0.5, 0.6) is 11.5 Å². The number of amides is 2. The molecule has 29 heavy (non-hydrogen) atoms. The Hall–Kier alpha value is -3.35. The van der Waals surface area contributed by atoms with Gasteiger partial charge >= 0.3 is 0 Å². The van der Waals surface area contributed by atoms with E-state index in [0.717, 1.165) is 17.5 Å². The molecule has 1 aliphatic rings. The minimum atomic E-state index is -0.314. The number of hydrogen-bond donors (Lipinski definition) is 2. The van der Waals surface area contributed by atoms with Gasteiger partial charge in [-0.1, -0.05) is 37.3 Å². The van der Waals surface area contributed by atoms with Gasteiger partial charge in [0.25, 0.3) is 0 Å². The molecule has 1 heterocycles. The van der Waals surface area contributed by atoms with Crippen molar-refractivity contribution in [2.24, 2.45) is 4.99 Å². The zero-order valence-corrected chi connectivity index (χ0v) is 16.8. The van der Waals surface area contributed by atoms with Gasteiger partial charge in [-0.2, -0.15) is 0 Å². The van der Waals surface area contributed by atoms with E-state index in [0.29, 0.717) is 11.5 Å². The Morgan fingerprint density at radius 1 is 1.10 bits per heavy atom. The Labute approximate surface area is 170 Å². The van der Waals surface area contributed by atoms with E-state index in [1.165, 1.54) is 5.56 Å². The highest BCUT2D eigenvalue weighted by Crippen LogP contribution is 2.28. The topological polar surface area (TPSA) is 89.0 Å². The van der Waals surface area contributed by atoms with Crippen LogP contribution in [0.3, 0.4) is 0 Å². The van der Waals surface area contributed by atoms with Crippen molar-refractivity contribution >= 4 is 17.8 Å². The molecule has 0 fully saturated rings. The first-order valence-electron chi connectivity index (χ1n) is 9.49. The van der Waals surface area contributed by atoms with Gasteiger partial charge in [-0.05, 0) is 35.2 Å². The Morgan fingerprint density at radius 2 is 1.79 bits per heavy atom. The van der Waals surface area contributed by atoms with Crippen molar-refractivity contribution in [3.8, 4) is 11.5 Å². The fourth-order valence-corrected chi connectivity index (χ4v) is 3.18. The predicted molar refractivity (Wildman–Crippen MR) is 110 cm³/mol. The number of nitrogens with one attached hydrogen (secondary N) is 2. The van der Waals surface area contributed by atoms with Gasteiger partial charge in [0.05, 0.1) is 33.1 Å². The number of ether oxygens (including phenoxy) is 2. The number of benzene rings is 2. The van der Waals surface area contributed by atoms with E-state index in [9.17, 15) is 9.59 Å². The first-order chi connectivity index (χ1) is 14.0. The highest BCUT2D eigenvalue weighted by Gasteiger charge is 2.23. The van der Waals surface area contributed by atoms with Gasteiger partial charge in [0.15, 0.2) is 11.5 Å². The summed E-state index contributed by atoms with van der Waals surface area (Å²) in [6.45, 7) is 2.09. The molecule has 152 valence electrons. The van der Waals surface area contributed by atoms with Crippen LogP contribution in [0.4, 0.5) is 0 Å². The lowest BCUT2D eigenvalue weighted by atomic mass is 10.0. The third-order valence-corrected chi connectivity index (χ3v) is 4.76. The average Bonchev–Trinajstić information content (AvgIpc) is 2.73. The predicted octanol–water partition coefficient (Wildman–Crippen LogP) is 2.54. The Kier molecular flexibility index (Phi) is 6.49. The lowest BCUT2D eigenvalue weighted by molar-refractivity contribution is -0.120. The van der Waals surface area contributed by atoms with Crippen molar-refractivity contribution in [3.05, 3.63) is 59.2 Å². The lowest BCUT2D eigenvalue weighted by Crippen LogP contribution is -2.47. The molecule has 0 aliphatic carbocycles. The smallest absolute Gasteiger partial charge is 0.231 e. The van der Waals surface area contributed by atoms with Crippen LogP contribution in [0.1, 0.15) is 36.1 Å². The van der Waals surface area contributed by atoms with Crippen LogP contribution in [0.2, 0.25) is 0 Å². The molecule has 0 saturated heterocycles. The van der Waals surface area contributed by atoms with Crippen LogP contribution in [0.25, 0.3) is 0 Å². The molecule has 0 unspecified atom stereocenters. The van der Waals surface area contributed by atoms with Gasteiger partial charge in [0.2, 0.25) is 17.8 Å². The Balaban J connectivity index is 1.69. The molecule has 0 aromatic heterocycles. The third kappa shape index (κ3) is 5.13. The van der Waals surface area contributed by atoms with Gasteiger partial charge in [-0.3, -0.25) is 20.2 Å². The molecule has 1 aliphatic heterocycles. The molecule has 7 nitrogen and oxygen atoms in total. The largest absolute Gasteiger partial charge is 0.493 e. The summed E-state index contributed by atoms with van der Waals surface area (Å²) >= 11 is 0. The number of hydrogen-bond acceptors (Lipinski definition) is 5. The monoisotopic (exact) mass is 395 g/mol. The number of carbonyl (C=O) groups is 2. The van der Waals surface area contributed by atoms with E-state index in [-0.39, 0.29) is 36.7 Å². The van der Waals surface area contributed by atoms with Crippen molar-refractivity contribution in [1.29, 1.82) is 0 Å². The second-order valence-electron chi connectivity index (χ2n) is 6.76. The molecule has 3 rings (SSSR count). The van der Waals surface area contributed by atoms with E-state index in [1.807, 2.05) is 24.3 Å². The van der Waals surface area contributed by atoms with E-state index in [1.54, 1.807) is 32.4 Å². The number of aliphatic imine (C=N–C) groups is 1. The first kappa shape index (κ1) is 20.4. The van der Waals surface area contributed by atoms with Crippen molar-refractivity contribution in [3.63, 3.8) is 0 Å². The molecule has 2 amide bonds. The summed E-state index contributed by atoms with van der Waals surface area (Å²) < 4.78 is 10.5. The molecule has 2 aromatic rings. The maximum absolute atomic E-state index is 12.5. The minimum Gasteiger partial charge on any atom is -0.493 e. The van der Waals surface area contributed by atoms with Crippen molar-refractivity contribution in [2.75, 3.05) is 14.2 Å². The maximum atomic E-state index is 12.5. The van der Waals surface area contributed by atoms with Crippen molar-refractivity contribution < 1.29 is 19.1 Å². The van der Waals surface area contributed by atoms with Crippen LogP contribution in [0.15, 0.2) is 47.5 Å². The zero-order valence-electron chi connectivity index (χ0n) is 16.8.